The van der Waals surface area contributed by atoms with E-state index >= 15 is 0 Å². The molecule has 0 amide bonds. The second-order valence-electron chi connectivity index (χ2n) is 23.4. The summed E-state index contributed by atoms with van der Waals surface area (Å²) in [6.07, 6.45) is -23.2. The maximum absolute atomic E-state index is 12.4. The van der Waals surface area contributed by atoms with Crippen LogP contribution in [0.1, 0.15) is 87.0 Å². The van der Waals surface area contributed by atoms with Crippen LogP contribution in [0.4, 0.5) is 0 Å². The summed E-state index contributed by atoms with van der Waals surface area (Å²) in [6.45, 7) is 12.1. The molecule has 5 aliphatic carbocycles. The fourth-order valence-electron chi connectivity index (χ4n) is 15.1. The number of fused-ring (bicyclic) bond motifs is 7. The van der Waals surface area contributed by atoms with E-state index in [-0.39, 0.29) is 23.9 Å². The SMILES string of the molecule is CC1(C)CC2C3=CCC4C5(C)CCC(OC6OC(COC7OCC(O)C(O)C7O)C(O)C(O)C6OC6OC(CO)C(O)C(O)C6O)C(C)(C)C5CCC4(C)C3(C)C(O)C(O)C2(CO)C(O)C1O. The summed E-state index contributed by atoms with van der Waals surface area (Å²) in [5.41, 5.74) is -3.98. The van der Waals surface area contributed by atoms with Crippen molar-refractivity contribution >= 4 is 0 Å². The number of hydrogen-bond acceptors (Lipinski definition) is 20. The summed E-state index contributed by atoms with van der Waals surface area (Å²) < 4.78 is 36.0. The first-order valence-corrected chi connectivity index (χ1v) is 24.1. The molecule has 7 fully saturated rings. The average molecular weight is 963 g/mol. The summed E-state index contributed by atoms with van der Waals surface area (Å²) in [7, 11) is 0. The number of aliphatic hydroxyl groups is 14. The molecule has 0 aromatic rings. The number of hydrogen-bond donors (Lipinski definition) is 14. The molecule has 4 saturated carbocycles. The second kappa shape index (κ2) is 18.2. The standard InChI is InChI=1S/C47H78O20/c1-42(2)14-20-19-8-9-25-44(5)12-11-26(43(3,4)24(44)10-13-45(25,6)46(19,7)36(59)38(61)47(20,18-49)37(60)35(42)58)66-41-34(67-40-33(57)30(54)28(52)22(15-48)64-40)31(55)29(53)23(65-41)17-63-39-32(56)27(51)21(50)16-62-39/h8,20-41,48-61H,9-18H2,1-7H3. The number of rotatable bonds is 9. The molecule has 3 aliphatic heterocycles. The Morgan fingerprint density at radius 2 is 1.25 bits per heavy atom. The molecule has 0 spiro atoms. The Bertz CT molecular complexity index is 1800. The van der Waals surface area contributed by atoms with Crippen LogP contribution in [0.2, 0.25) is 0 Å². The van der Waals surface area contributed by atoms with Gasteiger partial charge in [-0.1, -0.05) is 60.1 Å². The van der Waals surface area contributed by atoms with Crippen LogP contribution < -0.4 is 0 Å². The first kappa shape index (κ1) is 52.3. The molecule has 386 valence electrons. The molecule has 3 heterocycles. The van der Waals surface area contributed by atoms with Gasteiger partial charge in [0.25, 0.3) is 0 Å². The molecule has 3 saturated heterocycles. The smallest absolute Gasteiger partial charge is 0.187 e. The van der Waals surface area contributed by atoms with E-state index in [0.29, 0.717) is 38.5 Å². The van der Waals surface area contributed by atoms with Crippen LogP contribution in [0, 0.1) is 50.2 Å². The molecule has 0 aromatic carbocycles. The highest BCUT2D eigenvalue weighted by Crippen LogP contribution is 2.76. The van der Waals surface area contributed by atoms with Crippen LogP contribution in [0.5, 0.6) is 0 Å². The maximum Gasteiger partial charge on any atom is 0.187 e. The third-order valence-corrected chi connectivity index (χ3v) is 19.4. The Kier molecular flexibility index (Phi) is 14.2. The minimum atomic E-state index is -1.86. The van der Waals surface area contributed by atoms with Crippen LogP contribution in [0.15, 0.2) is 11.6 Å². The van der Waals surface area contributed by atoms with Crippen molar-refractivity contribution in [2.24, 2.45) is 50.2 Å². The van der Waals surface area contributed by atoms with Gasteiger partial charge in [0.05, 0.1) is 62.4 Å². The molecule has 67 heavy (non-hydrogen) atoms. The van der Waals surface area contributed by atoms with Crippen LogP contribution in [-0.2, 0) is 28.4 Å². The molecular weight excluding hydrogens is 884 g/mol. The quantitative estimate of drug-likeness (QED) is 0.0816. The zero-order valence-corrected chi connectivity index (χ0v) is 39.6. The zero-order chi connectivity index (χ0) is 49.3. The summed E-state index contributed by atoms with van der Waals surface area (Å²) in [4.78, 5) is 0. The lowest BCUT2D eigenvalue weighted by molar-refractivity contribution is -0.381. The Morgan fingerprint density at radius 1 is 0.627 bits per heavy atom. The number of allylic oxidation sites excluding steroid dienone is 1. The monoisotopic (exact) mass is 963 g/mol. The minimum Gasteiger partial charge on any atom is -0.396 e. The highest BCUT2D eigenvalue weighted by Gasteiger charge is 2.75. The predicted octanol–water partition coefficient (Wildman–Crippen LogP) is -2.86. The van der Waals surface area contributed by atoms with Crippen LogP contribution in [-0.4, -0.2) is 214 Å². The van der Waals surface area contributed by atoms with Crippen molar-refractivity contribution in [3.8, 4) is 0 Å². The van der Waals surface area contributed by atoms with E-state index in [1.54, 1.807) is 0 Å². The largest absolute Gasteiger partial charge is 0.396 e. The van der Waals surface area contributed by atoms with Crippen molar-refractivity contribution < 1.29 is 99.9 Å². The van der Waals surface area contributed by atoms with Crippen LogP contribution in [0.25, 0.3) is 0 Å². The lowest BCUT2D eigenvalue weighted by Gasteiger charge is -2.73. The Labute approximate surface area is 391 Å². The summed E-state index contributed by atoms with van der Waals surface area (Å²) in [6, 6.07) is 0. The molecule has 20 nitrogen and oxygen atoms in total. The Hall–Kier alpha value is -1.06. The molecule has 26 unspecified atom stereocenters. The first-order valence-electron chi connectivity index (χ1n) is 24.1. The van der Waals surface area contributed by atoms with E-state index in [1.165, 1.54) is 0 Å². The molecule has 8 aliphatic rings. The third-order valence-electron chi connectivity index (χ3n) is 19.4. The lowest BCUT2D eigenvalue weighted by Crippen LogP contribution is -2.76. The van der Waals surface area contributed by atoms with E-state index in [2.05, 4.69) is 33.8 Å². The van der Waals surface area contributed by atoms with E-state index in [4.69, 9.17) is 28.4 Å². The summed E-state index contributed by atoms with van der Waals surface area (Å²) >= 11 is 0. The lowest BCUT2D eigenvalue weighted by atomic mass is 9.32. The van der Waals surface area contributed by atoms with Crippen LogP contribution in [0.3, 0.4) is 0 Å². The highest BCUT2D eigenvalue weighted by molar-refractivity contribution is 5.38. The van der Waals surface area contributed by atoms with Gasteiger partial charge < -0.3 is 99.9 Å². The molecule has 8 rings (SSSR count). The summed E-state index contributed by atoms with van der Waals surface area (Å²) in [5, 5.41) is 154. The van der Waals surface area contributed by atoms with Gasteiger partial charge in [0.1, 0.15) is 67.1 Å². The molecule has 20 heteroatoms. The van der Waals surface area contributed by atoms with Gasteiger partial charge in [-0.05, 0) is 77.9 Å². The minimum absolute atomic E-state index is 0.0158. The predicted molar refractivity (Wildman–Crippen MR) is 230 cm³/mol. The van der Waals surface area contributed by atoms with Crippen molar-refractivity contribution in [1.29, 1.82) is 0 Å². The van der Waals surface area contributed by atoms with E-state index in [9.17, 15) is 71.5 Å². The molecule has 0 bridgehead atoms. The van der Waals surface area contributed by atoms with Gasteiger partial charge in [-0.2, -0.15) is 0 Å². The Morgan fingerprint density at radius 3 is 1.91 bits per heavy atom. The van der Waals surface area contributed by atoms with Crippen molar-refractivity contribution in [3.05, 3.63) is 11.6 Å². The van der Waals surface area contributed by atoms with Crippen molar-refractivity contribution in [1.82, 2.24) is 0 Å². The van der Waals surface area contributed by atoms with Crippen molar-refractivity contribution in [2.45, 2.75) is 204 Å². The summed E-state index contributed by atoms with van der Waals surface area (Å²) in [5.74, 6) is -0.556. The fraction of sp³-hybridized carbons (Fsp3) is 0.957. The van der Waals surface area contributed by atoms with Crippen molar-refractivity contribution in [3.63, 3.8) is 0 Å². The van der Waals surface area contributed by atoms with Gasteiger partial charge >= 0.3 is 0 Å². The van der Waals surface area contributed by atoms with Gasteiger partial charge in [-0.25, -0.2) is 0 Å². The van der Waals surface area contributed by atoms with Gasteiger partial charge in [0, 0.05) is 5.41 Å². The molecule has 0 radical (unpaired) electrons. The van der Waals surface area contributed by atoms with Crippen LogP contribution >= 0.6 is 0 Å². The molecule has 14 N–H and O–H groups in total. The topological polar surface area (TPSA) is 339 Å². The first-order chi connectivity index (χ1) is 31.2. The number of ether oxygens (including phenoxy) is 6. The number of aliphatic hydroxyl groups excluding tert-OH is 14. The molecular formula is C47H78O20. The second-order valence-corrected chi connectivity index (χ2v) is 23.4. The fourth-order valence-corrected chi connectivity index (χ4v) is 15.1. The Balaban J connectivity index is 1.07. The average Bonchev–Trinajstić information content (AvgIpc) is 3.27. The van der Waals surface area contributed by atoms with Gasteiger partial charge in [-0.3, -0.25) is 0 Å². The van der Waals surface area contributed by atoms with Gasteiger partial charge in [0.15, 0.2) is 18.9 Å². The van der Waals surface area contributed by atoms with E-state index in [0.717, 1.165) is 5.57 Å². The molecule has 0 aromatic heterocycles. The maximum atomic E-state index is 12.4. The molecule has 26 atom stereocenters. The van der Waals surface area contributed by atoms with Gasteiger partial charge in [0.2, 0.25) is 0 Å². The van der Waals surface area contributed by atoms with Crippen molar-refractivity contribution in [2.75, 3.05) is 26.4 Å². The normalized spacial score (nSPS) is 56.2. The zero-order valence-electron chi connectivity index (χ0n) is 39.6. The van der Waals surface area contributed by atoms with E-state index < -0.39 is 169 Å². The van der Waals surface area contributed by atoms with E-state index in [1.807, 2.05) is 20.8 Å². The van der Waals surface area contributed by atoms with Gasteiger partial charge in [-0.15, -0.1) is 0 Å². The highest BCUT2D eigenvalue weighted by atomic mass is 16.8. The third kappa shape index (κ3) is 7.69.